The van der Waals surface area contributed by atoms with E-state index in [-0.39, 0.29) is 0 Å². The van der Waals surface area contributed by atoms with Gasteiger partial charge in [-0.1, -0.05) is 33.6 Å². The SMILES string of the molecule is CCCCCO[C@@H](CC(C)C)C(=O)O. The number of unbranched alkanes of at least 4 members (excludes halogenated alkanes) is 2. The van der Waals surface area contributed by atoms with E-state index in [0.717, 1.165) is 19.3 Å². The lowest BCUT2D eigenvalue weighted by atomic mass is 10.1. The molecule has 0 aliphatic rings. The number of hydrogen-bond donors (Lipinski definition) is 1. The first kappa shape index (κ1) is 13.4. The third-order valence-electron chi connectivity index (χ3n) is 2.03. The lowest BCUT2D eigenvalue weighted by molar-refractivity contribution is -0.151. The van der Waals surface area contributed by atoms with E-state index in [0.29, 0.717) is 18.9 Å². The molecule has 84 valence electrons. The summed E-state index contributed by atoms with van der Waals surface area (Å²) in [6, 6.07) is 0. The molecule has 0 saturated carbocycles. The minimum absolute atomic E-state index is 0.363. The molecule has 0 saturated heterocycles. The molecule has 0 heterocycles. The van der Waals surface area contributed by atoms with E-state index in [9.17, 15) is 4.79 Å². The summed E-state index contributed by atoms with van der Waals surface area (Å²) in [4.78, 5) is 10.8. The molecule has 0 aromatic rings. The van der Waals surface area contributed by atoms with Gasteiger partial charge in [-0.05, 0) is 18.8 Å². The number of hydrogen-bond acceptors (Lipinski definition) is 2. The van der Waals surface area contributed by atoms with Crippen LogP contribution in [-0.2, 0) is 9.53 Å². The van der Waals surface area contributed by atoms with Crippen LogP contribution in [0, 0.1) is 5.92 Å². The summed E-state index contributed by atoms with van der Waals surface area (Å²) in [5, 5.41) is 8.85. The summed E-state index contributed by atoms with van der Waals surface area (Å²) >= 11 is 0. The van der Waals surface area contributed by atoms with Gasteiger partial charge in [0.2, 0.25) is 0 Å². The van der Waals surface area contributed by atoms with E-state index in [2.05, 4.69) is 6.92 Å². The second-order valence-electron chi connectivity index (χ2n) is 4.03. The maximum absolute atomic E-state index is 10.8. The zero-order valence-corrected chi connectivity index (χ0v) is 9.45. The summed E-state index contributed by atoms with van der Waals surface area (Å²) in [5.41, 5.74) is 0. The fraction of sp³-hybridized carbons (Fsp3) is 0.909. The lowest BCUT2D eigenvalue weighted by Gasteiger charge is -2.15. The average molecular weight is 202 g/mol. The molecule has 0 aromatic carbocycles. The lowest BCUT2D eigenvalue weighted by Crippen LogP contribution is -2.26. The van der Waals surface area contributed by atoms with Crippen LogP contribution in [-0.4, -0.2) is 23.8 Å². The predicted octanol–water partition coefficient (Wildman–Crippen LogP) is 2.69. The molecule has 0 aliphatic heterocycles. The molecule has 3 nitrogen and oxygen atoms in total. The number of carboxylic acid groups (broad SMARTS) is 1. The second-order valence-corrected chi connectivity index (χ2v) is 4.03. The molecule has 0 spiro atoms. The molecule has 0 radical (unpaired) electrons. The molecule has 0 aromatic heterocycles. The van der Waals surface area contributed by atoms with Crippen molar-refractivity contribution in [1.82, 2.24) is 0 Å². The van der Waals surface area contributed by atoms with Crippen LogP contribution in [0.15, 0.2) is 0 Å². The topological polar surface area (TPSA) is 46.5 Å². The minimum atomic E-state index is -0.838. The average Bonchev–Trinajstić information content (AvgIpc) is 2.09. The molecule has 0 bridgehead atoms. The molecule has 1 atom stereocenters. The fourth-order valence-corrected chi connectivity index (χ4v) is 1.25. The Hall–Kier alpha value is -0.570. The monoisotopic (exact) mass is 202 g/mol. The molecular formula is C11H22O3. The molecule has 3 heteroatoms. The Labute approximate surface area is 86.5 Å². The first-order chi connectivity index (χ1) is 6.57. The first-order valence-electron chi connectivity index (χ1n) is 5.42. The fourth-order valence-electron chi connectivity index (χ4n) is 1.25. The van der Waals surface area contributed by atoms with Crippen molar-refractivity contribution in [3.05, 3.63) is 0 Å². The highest BCUT2D eigenvalue weighted by molar-refractivity contribution is 5.72. The summed E-state index contributed by atoms with van der Waals surface area (Å²) in [5.74, 6) is -0.475. The molecule has 0 fully saturated rings. The Bertz CT molecular complexity index is 155. The van der Waals surface area contributed by atoms with Crippen LogP contribution in [0.2, 0.25) is 0 Å². The highest BCUT2D eigenvalue weighted by atomic mass is 16.5. The number of ether oxygens (including phenoxy) is 1. The Morgan fingerprint density at radius 1 is 1.36 bits per heavy atom. The Morgan fingerprint density at radius 2 is 2.00 bits per heavy atom. The third-order valence-corrected chi connectivity index (χ3v) is 2.03. The van der Waals surface area contributed by atoms with Gasteiger partial charge in [-0.2, -0.15) is 0 Å². The van der Waals surface area contributed by atoms with Crippen molar-refractivity contribution >= 4 is 5.97 Å². The zero-order chi connectivity index (χ0) is 11.0. The largest absolute Gasteiger partial charge is 0.479 e. The molecule has 14 heavy (non-hydrogen) atoms. The van der Waals surface area contributed by atoms with Gasteiger partial charge < -0.3 is 9.84 Å². The summed E-state index contributed by atoms with van der Waals surface area (Å²) in [6.45, 7) is 6.69. The van der Waals surface area contributed by atoms with Gasteiger partial charge in [0.1, 0.15) is 0 Å². The molecule has 1 N–H and O–H groups in total. The Morgan fingerprint density at radius 3 is 2.43 bits per heavy atom. The number of carboxylic acids is 1. The van der Waals surface area contributed by atoms with Crippen LogP contribution in [0.4, 0.5) is 0 Å². The van der Waals surface area contributed by atoms with Gasteiger partial charge in [-0.3, -0.25) is 0 Å². The Kier molecular flexibility index (Phi) is 7.48. The molecule has 0 aliphatic carbocycles. The van der Waals surface area contributed by atoms with Crippen molar-refractivity contribution in [2.75, 3.05) is 6.61 Å². The van der Waals surface area contributed by atoms with Crippen LogP contribution in [0.25, 0.3) is 0 Å². The number of aliphatic carboxylic acids is 1. The van der Waals surface area contributed by atoms with E-state index < -0.39 is 12.1 Å². The van der Waals surface area contributed by atoms with Gasteiger partial charge in [-0.25, -0.2) is 4.79 Å². The highest BCUT2D eigenvalue weighted by Crippen LogP contribution is 2.09. The van der Waals surface area contributed by atoms with Crippen LogP contribution in [0.3, 0.4) is 0 Å². The van der Waals surface area contributed by atoms with E-state index in [1.807, 2.05) is 13.8 Å². The second kappa shape index (κ2) is 7.80. The zero-order valence-electron chi connectivity index (χ0n) is 9.45. The van der Waals surface area contributed by atoms with Gasteiger partial charge in [0.15, 0.2) is 6.10 Å². The smallest absolute Gasteiger partial charge is 0.332 e. The van der Waals surface area contributed by atoms with Crippen molar-refractivity contribution in [3.63, 3.8) is 0 Å². The predicted molar refractivity (Wildman–Crippen MR) is 56.4 cm³/mol. The number of carbonyl (C=O) groups is 1. The van der Waals surface area contributed by atoms with Gasteiger partial charge in [0.25, 0.3) is 0 Å². The van der Waals surface area contributed by atoms with Crippen LogP contribution < -0.4 is 0 Å². The van der Waals surface area contributed by atoms with Gasteiger partial charge >= 0.3 is 5.97 Å². The minimum Gasteiger partial charge on any atom is -0.479 e. The maximum Gasteiger partial charge on any atom is 0.332 e. The van der Waals surface area contributed by atoms with Crippen LogP contribution >= 0.6 is 0 Å². The summed E-state index contributed by atoms with van der Waals surface area (Å²) in [7, 11) is 0. The molecule has 0 rings (SSSR count). The maximum atomic E-state index is 10.8. The van der Waals surface area contributed by atoms with Gasteiger partial charge in [0, 0.05) is 6.61 Å². The Balaban J connectivity index is 3.68. The van der Waals surface area contributed by atoms with Gasteiger partial charge in [0.05, 0.1) is 0 Å². The van der Waals surface area contributed by atoms with Crippen molar-refractivity contribution < 1.29 is 14.6 Å². The highest BCUT2D eigenvalue weighted by Gasteiger charge is 2.18. The standard InChI is InChI=1S/C11H22O3/c1-4-5-6-7-14-10(11(12)13)8-9(2)3/h9-10H,4-8H2,1-3H3,(H,12,13)/t10-/m0/s1. The van der Waals surface area contributed by atoms with Crippen LogP contribution in [0.5, 0.6) is 0 Å². The third kappa shape index (κ3) is 6.89. The van der Waals surface area contributed by atoms with E-state index >= 15 is 0 Å². The van der Waals surface area contributed by atoms with E-state index in [4.69, 9.17) is 9.84 Å². The summed E-state index contributed by atoms with van der Waals surface area (Å²) < 4.78 is 5.32. The normalized spacial score (nSPS) is 13.1. The van der Waals surface area contributed by atoms with Crippen LogP contribution in [0.1, 0.15) is 46.5 Å². The number of rotatable bonds is 8. The quantitative estimate of drug-likeness (QED) is 0.615. The molecule has 0 unspecified atom stereocenters. The molecular weight excluding hydrogens is 180 g/mol. The van der Waals surface area contributed by atoms with Crippen molar-refractivity contribution in [2.24, 2.45) is 5.92 Å². The van der Waals surface area contributed by atoms with Gasteiger partial charge in [-0.15, -0.1) is 0 Å². The van der Waals surface area contributed by atoms with E-state index in [1.54, 1.807) is 0 Å². The summed E-state index contributed by atoms with van der Waals surface area (Å²) in [6.07, 6.45) is 3.17. The molecule has 0 amide bonds. The van der Waals surface area contributed by atoms with Crippen molar-refractivity contribution in [3.8, 4) is 0 Å². The van der Waals surface area contributed by atoms with E-state index in [1.165, 1.54) is 0 Å². The van der Waals surface area contributed by atoms with Crippen molar-refractivity contribution in [1.29, 1.82) is 0 Å². The first-order valence-corrected chi connectivity index (χ1v) is 5.42. The van der Waals surface area contributed by atoms with Crippen molar-refractivity contribution in [2.45, 2.75) is 52.6 Å².